The molecule has 1 saturated heterocycles. The summed E-state index contributed by atoms with van der Waals surface area (Å²) in [7, 11) is 1.99. The highest BCUT2D eigenvalue weighted by Crippen LogP contribution is 2.23. The molecule has 4 nitrogen and oxygen atoms in total. The van der Waals surface area contributed by atoms with Crippen LogP contribution >= 0.6 is 15.9 Å². The molecule has 0 saturated carbocycles. The van der Waals surface area contributed by atoms with Crippen LogP contribution in [-0.4, -0.2) is 44.0 Å². The van der Waals surface area contributed by atoms with Gasteiger partial charge in [-0.25, -0.2) is 0 Å². The molecule has 2 N–H and O–H groups in total. The normalized spacial score (nSPS) is 19.5. The second-order valence-corrected chi connectivity index (χ2v) is 6.69. The number of amides is 1. The van der Waals surface area contributed by atoms with Crippen LogP contribution in [0.25, 0.3) is 0 Å². The maximum atomic E-state index is 12.2. The highest BCUT2D eigenvalue weighted by Gasteiger charge is 2.21. The number of anilines is 1. The lowest BCUT2D eigenvalue weighted by Crippen LogP contribution is -2.42. The number of carbonyl (C=O) groups excluding carboxylic acids is 1. The molecule has 2 rings (SSSR count). The Labute approximate surface area is 135 Å². The molecule has 5 heteroatoms. The molecular weight excluding hydrogens is 330 g/mol. The number of piperidine rings is 1. The third kappa shape index (κ3) is 5.09. The average Bonchev–Trinajstić information content (AvgIpc) is 2.43. The Balaban J connectivity index is 1.86. The van der Waals surface area contributed by atoms with Crippen molar-refractivity contribution < 1.29 is 4.79 Å². The fraction of sp³-hybridized carbons (Fsp3) is 0.562. The van der Waals surface area contributed by atoms with E-state index in [-0.39, 0.29) is 5.91 Å². The molecule has 1 fully saturated rings. The highest BCUT2D eigenvalue weighted by molar-refractivity contribution is 9.10. The first kappa shape index (κ1) is 16.5. The molecule has 1 aromatic rings. The maximum Gasteiger partial charge on any atom is 0.238 e. The molecule has 1 amide bonds. The average molecular weight is 354 g/mol. The SMILES string of the molecule is CNCC1CCCN(CC(=O)Nc2ccc(C)cc2Br)C1. The molecule has 0 spiro atoms. The van der Waals surface area contributed by atoms with Crippen molar-refractivity contribution in [2.45, 2.75) is 19.8 Å². The smallest absolute Gasteiger partial charge is 0.238 e. The van der Waals surface area contributed by atoms with Crippen LogP contribution in [0.3, 0.4) is 0 Å². The first-order chi connectivity index (χ1) is 10.1. The summed E-state index contributed by atoms with van der Waals surface area (Å²) in [4.78, 5) is 14.4. The largest absolute Gasteiger partial charge is 0.324 e. The van der Waals surface area contributed by atoms with E-state index in [9.17, 15) is 4.79 Å². The van der Waals surface area contributed by atoms with E-state index in [2.05, 4.69) is 31.5 Å². The summed E-state index contributed by atoms with van der Waals surface area (Å²) in [6.45, 7) is 5.56. The molecule has 0 aliphatic carbocycles. The zero-order valence-electron chi connectivity index (χ0n) is 12.8. The number of nitrogens with one attached hydrogen (secondary N) is 2. The van der Waals surface area contributed by atoms with Crippen molar-refractivity contribution in [1.82, 2.24) is 10.2 Å². The zero-order valence-corrected chi connectivity index (χ0v) is 14.4. The predicted octanol–water partition coefficient (Wildman–Crippen LogP) is 2.63. The summed E-state index contributed by atoms with van der Waals surface area (Å²) in [5.41, 5.74) is 2.01. The van der Waals surface area contributed by atoms with E-state index in [0.717, 1.165) is 29.8 Å². The number of hydrogen-bond acceptors (Lipinski definition) is 3. The van der Waals surface area contributed by atoms with Crippen molar-refractivity contribution >= 4 is 27.5 Å². The van der Waals surface area contributed by atoms with Gasteiger partial charge in [-0.05, 0) is 79.4 Å². The second kappa shape index (κ2) is 7.92. The second-order valence-electron chi connectivity index (χ2n) is 5.83. The fourth-order valence-corrected chi connectivity index (χ4v) is 3.46. The monoisotopic (exact) mass is 353 g/mol. The summed E-state index contributed by atoms with van der Waals surface area (Å²) in [6.07, 6.45) is 2.43. The standard InChI is InChI=1S/C16H24BrN3O/c1-12-5-6-15(14(17)8-12)19-16(21)11-20-7-3-4-13(10-20)9-18-2/h5-6,8,13,18H,3-4,7,9-11H2,1-2H3,(H,19,21). The number of likely N-dealkylation sites (tertiary alicyclic amines) is 1. The molecule has 1 aliphatic heterocycles. The van der Waals surface area contributed by atoms with Crippen molar-refractivity contribution in [3.05, 3.63) is 28.2 Å². The first-order valence-corrected chi connectivity index (χ1v) is 8.30. The number of carbonyl (C=O) groups is 1. The van der Waals surface area contributed by atoms with E-state index in [1.165, 1.54) is 18.4 Å². The Hall–Kier alpha value is -0.910. The van der Waals surface area contributed by atoms with E-state index in [4.69, 9.17) is 0 Å². The summed E-state index contributed by atoms with van der Waals surface area (Å²) in [5.74, 6) is 0.715. The minimum atomic E-state index is 0.0599. The fourth-order valence-electron chi connectivity index (χ4n) is 2.86. The van der Waals surface area contributed by atoms with Gasteiger partial charge in [0.2, 0.25) is 5.91 Å². The van der Waals surface area contributed by atoms with E-state index < -0.39 is 0 Å². The van der Waals surface area contributed by atoms with Crippen LogP contribution in [0.4, 0.5) is 5.69 Å². The minimum Gasteiger partial charge on any atom is -0.324 e. The maximum absolute atomic E-state index is 12.2. The molecule has 0 bridgehead atoms. The molecule has 116 valence electrons. The number of hydrogen-bond donors (Lipinski definition) is 2. The van der Waals surface area contributed by atoms with Crippen LogP contribution in [0.1, 0.15) is 18.4 Å². The molecule has 1 unspecified atom stereocenters. The third-order valence-electron chi connectivity index (χ3n) is 3.86. The van der Waals surface area contributed by atoms with Gasteiger partial charge in [-0.2, -0.15) is 0 Å². The van der Waals surface area contributed by atoms with Gasteiger partial charge in [-0.3, -0.25) is 9.69 Å². The first-order valence-electron chi connectivity index (χ1n) is 7.51. The summed E-state index contributed by atoms with van der Waals surface area (Å²) < 4.78 is 0.933. The molecule has 1 aliphatic rings. The number of aryl methyl sites for hydroxylation is 1. The van der Waals surface area contributed by atoms with Crippen molar-refractivity contribution in [1.29, 1.82) is 0 Å². The van der Waals surface area contributed by atoms with Gasteiger partial charge in [-0.1, -0.05) is 6.07 Å². The van der Waals surface area contributed by atoms with Crippen molar-refractivity contribution in [2.75, 3.05) is 38.5 Å². The predicted molar refractivity (Wildman–Crippen MR) is 90.6 cm³/mol. The number of rotatable bonds is 5. The lowest BCUT2D eigenvalue weighted by atomic mass is 9.98. The van der Waals surface area contributed by atoms with Gasteiger partial charge < -0.3 is 10.6 Å². The summed E-state index contributed by atoms with van der Waals surface area (Å²) in [5, 5.41) is 6.22. The van der Waals surface area contributed by atoms with Gasteiger partial charge in [0.15, 0.2) is 0 Å². The number of benzene rings is 1. The van der Waals surface area contributed by atoms with E-state index in [1.54, 1.807) is 0 Å². The molecule has 0 aromatic heterocycles. The Morgan fingerprint density at radius 3 is 3.00 bits per heavy atom. The molecular formula is C16H24BrN3O. The van der Waals surface area contributed by atoms with E-state index in [0.29, 0.717) is 12.5 Å². The number of nitrogens with zero attached hydrogens (tertiary/aromatic N) is 1. The third-order valence-corrected chi connectivity index (χ3v) is 4.52. The highest BCUT2D eigenvalue weighted by atomic mass is 79.9. The molecule has 1 atom stereocenters. The molecule has 0 radical (unpaired) electrons. The zero-order chi connectivity index (χ0) is 15.2. The quantitative estimate of drug-likeness (QED) is 0.855. The van der Waals surface area contributed by atoms with Crippen molar-refractivity contribution in [3.63, 3.8) is 0 Å². The minimum absolute atomic E-state index is 0.0599. The Kier molecular flexibility index (Phi) is 6.21. The Morgan fingerprint density at radius 2 is 2.29 bits per heavy atom. The van der Waals surface area contributed by atoms with Gasteiger partial charge in [0.05, 0.1) is 12.2 Å². The van der Waals surface area contributed by atoms with Gasteiger partial charge in [0.25, 0.3) is 0 Å². The van der Waals surface area contributed by atoms with Crippen LogP contribution in [0.5, 0.6) is 0 Å². The molecule has 21 heavy (non-hydrogen) atoms. The van der Waals surface area contributed by atoms with Gasteiger partial charge >= 0.3 is 0 Å². The van der Waals surface area contributed by atoms with Crippen molar-refractivity contribution in [2.24, 2.45) is 5.92 Å². The summed E-state index contributed by atoms with van der Waals surface area (Å²) in [6, 6.07) is 5.96. The molecule has 1 heterocycles. The summed E-state index contributed by atoms with van der Waals surface area (Å²) >= 11 is 3.49. The lowest BCUT2D eigenvalue weighted by molar-refractivity contribution is -0.117. The lowest BCUT2D eigenvalue weighted by Gasteiger charge is -2.32. The van der Waals surface area contributed by atoms with Crippen molar-refractivity contribution in [3.8, 4) is 0 Å². The van der Waals surface area contributed by atoms with E-state index in [1.807, 2.05) is 32.2 Å². The van der Waals surface area contributed by atoms with Gasteiger partial charge in [0.1, 0.15) is 0 Å². The van der Waals surface area contributed by atoms with Crippen LogP contribution < -0.4 is 10.6 Å². The Bertz CT molecular complexity index is 490. The van der Waals surface area contributed by atoms with Gasteiger partial charge in [0, 0.05) is 11.0 Å². The van der Waals surface area contributed by atoms with Crippen LogP contribution in [0.15, 0.2) is 22.7 Å². The topological polar surface area (TPSA) is 44.4 Å². The van der Waals surface area contributed by atoms with Crippen LogP contribution in [-0.2, 0) is 4.79 Å². The Morgan fingerprint density at radius 1 is 1.48 bits per heavy atom. The van der Waals surface area contributed by atoms with Crippen LogP contribution in [0.2, 0.25) is 0 Å². The van der Waals surface area contributed by atoms with E-state index >= 15 is 0 Å². The van der Waals surface area contributed by atoms with Gasteiger partial charge in [-0.15, -0.1) is 0 Å². The molecule has 1 aromatic carbocycles. The number of halogens is 1. The van der Waals surface area contributed by atoms with Crippen LogP contribution in [0, 0.1) is 12.8 Å².